The number of carbonyl (C=O) groups excluding carboxylic acids is 4. The lowest BCUT2D eigenvalue weighted by atomic mass is 9.74. The van der Waals surface area contributed by atoms with Crippen molar-refractivity contribution in [1.82, 2.24) is 20.2 Å². The number of aromatic nitrogens is 2. The monoisotopic (exact) mass is 865 g/mol. The quantitative estimate of drug-likeness (QED) is 0.128. The smallest absolute Gasteiger partial charge is 0.408 e. The molecular formula is C45H63N5O12. The van der Waals surface area contributed by atoms with Gasteiger partial charge in [-0.05, 0) is 84.8 Å². The minimum atomic E-state index is -1.79. The third-order valence-corrected chi connectivity index (χ3v) is 12.2. The average Bonchev–Trinajstić information content (AvgIpc) is 3.22. The van der Waals surface area contributed by atoms with Crippen molar-refractivity contribution < 1.29 is 58.0 Å². The van der Waals surface area contributed by atoms with Gasteiger partial charge in [0.1, 0.15) is 30.0 Å². The van der Waals surface area contributed by atoms with Crippen LogP contribution in [0.15, 0.2) is 67.2 Å². The van der Waals surface area contributed by atoms with Crippen LogP contribution in [-0.4, -0.2) is 125 Å². The summed E-state index contributed by atoms with van der Waals surface area (Å²) in [7, 11) is 3.65. The number of pyridine rings is 2. The molecule has 62 heavy (non-hydrogen) atoms. The number of nitrogens with zero attached hydrogens (tertiary/aromatic N) is 3. The zero-order chi connectivity index (χ0) is 45.5. The molecule has 1 unspecified atom stereocenters. The van der Waals surface area contributed by atoms with Crippen LogP contribution in [0.4, 0.5) is 4.79 Å². The van der Waals surface area contributed by atoms with Crippen LogP contribution in [0.2, 0.25) is 0 Å². The maximum atomic E-state index is 14.4. The van der Waals surface area contributed by atoms with Crippen molar-refractivity contribution in [3.8, 4) is 0 Å². The zero-order valence-electron chi connectivity index (χ0n) is 37.1. The van der Waals surface area contributed by atoms with Gasteiger partial charge in [-0.2, -0.15) is 4.84 Å². The van der Waals surface area contributed by atoms with Crippen LogP contribution in [0.1, 0.15) is 79.0 Å². The van der Waals surface area contributed by atoms with Crippen LogP contribution >= 0.6 is 0 Å². The molecule has 2 aromatic rings. The van der Waals surface area contributed by atoms with Gasteiger partial charge in [0.25, 0.3) is 0 Å². The molecule has 5 heterocycles. The van der Waals surface area contributed by atoms with Crippen LogP contribution in [0.3, 0.4) is 0 Å². The molecule has 17 heteroatoms. The molecule has 2 aromatic heterocycles. The van der Waals surface area contributed by atoms with E-state index in [0.717, 1.165) is 5.56 Å². The summed E-state index contributed by atoms with van der Waals surface area (Å²) in [5.41, 5.74) is -2.05. The molecule has 0 spiro atoms. The lowest BCUT2D eigenvalue weighted by Gasteiger charge is -2.54. The van der Waals surface area contributed by atoms with Gasteiger partial charge in [0.2, 0.25) is 5.60 Å². The van der Waals surface area contributed by atoms with Gasteiger partial charge in [-0.1, -0.05) is 51.6 Å². The van der Waals surface area contributed by atoms with E-state index in [1.807, 2.05) is 32.0 Å². The number of ether oxygens (including phenoxy) is 5. The Morgan fingerprint density at radius 1 is 1.13 bits per heavy atom. The third-order valence-electron chi connectivity index (χ3n) is 12.2. The summed E-state index contributed by atoms with van der Waals surface area (Å²) in [4.78, 5) is 72.5. The van der Waals surface area contributed by atoms with Gasteiger partial charge in [0.15, 0.2) is 18.1 Å². The number of hydrogen-bond donors (Lipinski definition) is 3. The molecule has 14 atom stereocenters. The molecule has 0 bridgehead atoms. The summed E-state index contributed by atoms with van der Waals surface area (Å²) in [6.45, 7) is 15.7. The number of cyclic esters (lactones) is 1. The predicted molar refractivity (Wildman–Crippen MR) is 225 cm³/mol. The largest absolute Gasteiger partial charge is 0.599 e. The van der Waals surface area contributed by atoms with Crippen molar-refractivity contribution in [1.29, 1.82) is 0 Å². The number of esters is 2. The Morgan fingerprint density at radius 3 is 2.50 bits per heavy atom. The molecule has 3 N–H and O–H groups in total. The van der Waals surface area contributed by atoms with Crippen molar-refractivity contribution in [2.24, 2.45) is 17.8 Å². The fourth-order valence-corrected chi connectivity index (χ4v) is 8.98. The van der Waals surface area contributed by atoms with E-state index in [1.165, 1.54) is 0 Å². The number of alkyl carbamates (subject to hydrolysis) is 1. The second-order valence-corrected chi connectivity index (χ2v) is 17.4. The molecule has 0 radical (unpaired) electrons. The van der Waals surface area contributed by atoms with E-state index in [0.29, 0.717) is 12.1 Å². The SMILES string of the molecule is C=C1C(=O)[C@H](C)C[C@@](C)(OC(=O)NC/C=C/c2cccnc2)[C@H](O[C@@H]2O[C@H](C)C[C@H](N(C)C)[C@H]2O)[C@@H](C)[C@H](OC(=O)Cc2ccccn2)[C@@H](C)C(=O)O[C@H](CC)[C@@]2(C)O[NH+]([O-])[C@H]12. The van der Waals surface area contributed by atoms with E-state index in [1.54, 1.807) is 96.6 Å². The minimum Gasteiger partial charge on any atom is -0.599 e. The normalized spacial score (nSPS) is 35.9. The van der Waals surface area contributed by atoms with Crippen molar-refractivity contribution in [2.45, 2.75) is 134 Å². The molecule has 3 aliphatic heterocycles. The molecule has 340 valence electrons. The standard InChI is InChI=1S/C45H63N5O12/c1-11-34-45(8)39(50(56)62-45)28(4)36(52)26(2)24-44(7,61-43(55)48-21-15-17-31-16-14-19-46-25-31)40(60-42-37(53)33(49(9)10)22-27(3)57-42)29(5)38(30(6)41(54)58-34)59-35(51)23-32-18-12-13-20-47-32/h12-20,25-27,29-30,33-34,37-40,42,50,53H,4,11,21-24H2,1-3,5-10H3,(H,48,55)/b17-15+/t26-,27-,29+,30-,33+,34-,37-,38+,39-,40-,42+,44-,45-/m1/s1. The molecule has 3 fully saturated rings. The number of carbonyl (C=O) groups is 4. The molecular weight excluding hydrogens is 803 g/mol. The number of aliphatic hydroxyl groups is 1. The Morgan fingerprint density at radius 2 is 1.87 bits per heavy atom. The molecule has 17 nitrogen and oxygen atoms in total. The molecule has 3 aliphatic rings. The van der Waals surface area contributed by atoms with Crippen molar-refractivity contribution in [2.75, 3.05) is 20.6 Å². The maximum absolute atomic E-state index is 14.4. The highest BCUT2D eigenvalue weighted by atomic mass is 16.9. The lowest BCUT2D eigenvalue weighted by molar-refractivity contribution is -1.15. The number of amides is 1. The van der Waals surface area contributed by atoms with E-state index in [2.05, 4.69) is 21.9 Å². The van der Waals surface area contributed by atoms with Gasteiger partial charge in [-0.25, -0.2) is 10.0 Å². The Kier molecular flexibility index (Phi) is 16.2. The average molecular weight is 866 g/mol. The number of Topliss-reactive ketones (excluding diaryl/α,β-unsaturated/α-hetero) is 1. The van der Waals surface area contributed by atoms with Crippen LogP contribution in [0, 0.1) is 23.0 Å². The summed E-state index contributed by atoms with van der Waals surface area (Å²) in [6, 6.07) is 7.17. The van der Waals surface area contributed by atoms with Crippen LogP contribution in [0.25, 0.3) is 6.08 Å². The maximum Gasteiger partial charge on any atom is 0.408 e. The van der Waals surface area contributed by atoms with Crippen LogP contribution in [-0.2, 0) is 49.3 Å². The Bertz CT molecular complexity index is 1900. The van der Waals surface area contributed by atoms with E-state index in [4.69, 9.17) is 28.5 Å². The minimum absolute atomic E-state index is 0.0419. The van der Waals surface area contributed by atoms with Gasteiger partial charge >= 0.3 is 18.0 Å². The van der Waals surface area contributed by atoms with Crippen LogP contribution in [0.5, 0.6) is 0 Å². The first-order valence-electron chi connectivity index (χ1n) is 21.2. The molecule has 0 aliphatic carbocycles. The zero-order valence-corrected chi connectivity index (χ0v) is 37.1. The van der Waals surface area contributed by atoms with Gasteiger partial charge in [0, 0.05) is 43.0 Å². The Balaban J connectivity index is 1.62. The Hall–Kier alpha value is -4.62. The van der Waals surface area contributed by atoms with Gasteiger partial charge in [0.05, 0.1) is 29.7 Å². The topological polar surface area (TPSA) is 212 Å². The van der Waals surface area contributed by atoms with Gasteiger partial charge in [-0.15, -0.1) is 0 Å². The number of aliphatic hydroxyl groups excluding tert-OH is 1. The number of hydroxylamine groups is 2. The molecule has 3 saturated heterocycles. The number of likely N-dealkylation sites (N-methyl/N-ethyl adjacent to an activating group) is 1. The molecule has 5 rings (SSSR count). The van der Waals surface area contributed by atoms with E-state index in [-0.39, 0.29) is 37.5 Å². The van der Waals surface area contributed by atoms with Crippen molar-refractivity contribution >= 4 is 29.9 Å². The number of fused-ring (bicyclic) bond motifs is 1. The van der Waals surface area contributed by atoms with Crippen molar-refractivity contribution in [3.05, 3.63) is 83.6 Å². The summed E-state index contributed by atoms with van der Waals surface area (Å²) in [6.07, 6.45) is 1.09. The van der Waals surface area contributed by atoms with Crippen molar-refractivity contribution in [3.63, 3.8) is 0 Å². The first-order valence-corrected chi connectivity index (χ1v) is 21.2. The highest BCUT2D eigenvalue weighted by molar-refractivity contribution is 5.97. The molecule has 0 saturated carbocycles. The van der Waals surface area contributed by atoms with Crippen LogP contribution < -0.4 is 10.5 Å². The summed E-state index contributed by atoms with van der Waals surface area (Å²) in [5.74, 6) is -5.21. The fourth-order valence-electron chi connectivity index (χ4n) is 8.98. The van der Waals surface area contributed by atoms with E-state index >= 15 is 0 Å². The number of nitrogens with one attached hydrogen (secondary N) is 2. The summed E-state index contributed by atoms with van der Waals surface area (Å²) < 4.78 is 31.7. The third kappa shape index (κ3) is 11.1. The molecule has 1 amide bonds. The predicted octanol–water partition coefficient (Wildman–Crippen LogP) is 3.15. The Labute approximate surface area is 363 Å². The highest BCUT2D eigenvalue weighted by Gasteiger charge is 2.63. The second kappa shape index (κ2) is 20.7. The van der Waals surface area contributed by atoms with Gasteiger partial charge < -0.3 is 44.2 Å². The number of quaternary nitrogens is 1. The first kappa shape index (κ1) is 48.4. The fraction of sp³-hybridized carbons (Fsp3) is 0.600. The summed E-state index contributed by atoms with van der Waals surface area (Å²) in [5, 5.41) is 27.0. The second-order valence-electron chi connectivity index (χ2n) is 17.4. The first-order chi connectivity index (χ1) is 29.3. The van der Waals surface area contributed by atoms with E-state index in [9.17, 15) is 29.5 Å². The number of hydrogen-bond acceptors (Lipinski definition) is 15. The highest BCUT2D eigenvalue weighted by Crippen LogP contribution is 2.41. The molecule has 0 aromatic carbocycles. The number of rotatable bonds is 11. The lowest BCUT2D eigenvalue weighted by Crippen LogP contribution is -3.24. The number of ketones is 1. The summed E-state index contributed by atoms with van der Waals surface area (Å²) >= 11 is 0. The van der Waals surface area contributed by atoms with E-state index < -0.39 is 101 Å². The van der Waals surface area contributed by atoms with Gasteiger partial charge in [-0.3, -0.25) is 24.4 Å².